The van der Waals surface area contributed by atoms with Gasteiger partial charge in [-0.15, -0.1) is 11.8 Å². The molecule has 29 heavy (non-hydrogen) atoms. The molecule has 0 bridgehead atoms. The zero-order chi connectivity index (χ0) is 20.5. The first-order valence-corrected chi connectivity index (χ1v) is 10.4. The number of anilines is 1. The average molecular weight is 416 g/mol. The standard InChI is InChI=1S/C22H23F2N3OS/c1-14-15(12-26(2)25-14)13-27-9-8-21(18-6-4-16(23)10-19(18)24)29-22-11-17(28-3)5-7-20(22)27/h4-7,10-12,21H,8-9,13H2,1-3H3. The lowest BCUT2D eigenvalue weighted by molar-refractivity contribution is 0.413. The molecule has 1 unspecified atom stereocenters. The quantitative estimate of drug-likeness (QED) is 0.582. The minimum absolute atomic E-state index is 0.110. The molecule has 1 atom stereocenters. The maximum Gasteiger partial charge on any atom is 0.130 e. The molecule has 1 aliphatic rings. The number of methoxy groups -OCH3 is 1. The van der Waals surface area contributed by atoms with E-state index in [9.17, 15) is 8.78 Å². The van der Waals surface area contributed by atoms with Gasteiger partial charge in [0.05, 0.1) is 18.5 Å². The zero-order valence-electron chi connectivity index (χ0n) is 16.7. The number of benzene rings is 2. The van der Waals surface area contributed by atoms with Crippen molar-refractivity contribution in [3.05, 3.63) is 71.1 Å². The smallest absolute Gasteiger partial charge is 0.130 e. The van der Waals surface area contributed by atoms with Crippen molar-refractivity contribution in [2.45, 2.75) is 30.0 Å². The summed E-state index contributed by atoms with van der Waals surface area (Å²) in [4.78, 5) is 3.32. The van der Waals surface area contributed by atoms with Gasteiger partial charge in [-0.25, -0.2) is 8.78 Å². The number of hydrogen-bond donors (Lipinski definition) is 0. The third-order valence-corrected chi connectivity index (χ3v) is 6.58. The van der Waals surface area contributed by atoms with E-state index in [-0.39, 0.29) is 5.25 Å². The molecule has 4 nitrogen and oxygen atoms in total. The third kappa shape index (κ3) is 4.10. The average Bonchev–Trinajstić information content (AvgIpc) is 2.90. The first-order chi connectivity index (χ1) is 13.9. The Morgan fingerprint density at radius 3 is 2.72 bits per heavy atom. The van der Waals surface area contributed by atoms with Gasteiger partial charge in [0.25, 0.3) is 0 Å². The predicted molar refractivity (Wildman–Crippen MR) is 112 cm³/mol. The largest absolute Gasteiger partial charge is 0.497 e. The van der Waals surface area contributed by atoms with Crippen LogP contribution in [0.2, 0.25) is 0 Å². The van der Waals surface area contributed by atoms with E-state index in [4.69, 9.17) is 4.74 Å². The fourth-order valence-corrected chi connectivity index (χ4v) is 5.09. The molecule has 3 aromatic rings. The Kier molecular flexibility index (Phi) is 5.50. The zero-order valence-corrected chi connectivity index (χ0v) is 17.5. The third-order valence-electron chi connectivity index (χ3n) is 5.22. The van der Waals surface area contributed by atoms with Crippen LogP contribution >= 0.6 is 11.8 Å². The van der Waals surface area contributed by atoms with E-state index < -0.39 is 11.6 Å². The Bertz CT molecular complexity index is 1040. The van der Waals surface area contributed by atoms with E-state index in [2.05, 4.69) is 16.1 Å². The molecule has 2 heterocycles. The number of halogens is 2. The minimum Gasteiger partial charge on any atom is -0.497 e. The highest BCUT2D eigenvalue weighted by atomic mass is 32.2. The number of rotatable bonds is 4. The fourth-order valence-electron chi connectivity index (χ4n) is 3.74. The van der Waals surface area contributed by atoms with Crippen LogP contribution in [0.15, 0.2) is 47.5 Å². The van der Waals surface area contributed by atoms with Crippen molar-refractivity contribution in [2.75, 3.05) is 18.6 Å². The predicted octanol–water partition coefficient (Wildman–Crippen LogP) is 5.26. The van der Waals surface area contributed by atoms with Gasteiger partial charge in [0, 0.05) is 53.7 Å². The van der Waals surface area contributed by atoms with Gasteiger partial charge in [0.15, 0.2) is 0 Å². The molecule has 0 N–H and O–H groups in total. The number of nitrogens with zero attached hydrogens (tertiary/aromatic N) is 3. The molecule has 1 aromatic heterocycles. The monoisotopic (exact) mass is 415 g/mol. The summed E-state index contributed by atoms with van der Waals surface area (Å²) >= 11 is 1.60. The Hall–Kier alpha value is -2.54. The normalized spacial score (nSPS) is 16.4. The van der Waals surface area contributed by atoms with Crippen LogP contribution in [0, 0.1) is 18.6 Å². The molecule has 0 saturated carbocycles. The first kappa shape index (κ1) is 19.8. The molecule has 152 valence electrons. The molecule has 0 saturated heterocycles. The van der Waals surface area contributed by atoms with Crippen molar-refractivity contribution >= 4 is 17.4 Å². The van der Waals surface area contributed by atoms with E-state index in [1.807, 2.05) is 37.0 Å². The number of ether oxygens (including phenoxy) is 1. The highest BCUT2D eigenvalue weighted by molar-refractivity contribution is 7.99. The second kappa shape index (κ2) is 8.06. The number of hydrogen-bond acceptors (Lipinski definition) is 4. The van der Waals surface area contributed by atoms with Crippen molar-refractivity contribution < 1.29 is 13.5 Å². The summed E-state index contributed by atoms with van der Waals surface area (Å²) in [6.45, 7) is 3.48. The summed E-state index contributed by atoms with van der Waals surface area (Å²) in [6, 6.07) is 9.83. The molecule has 4 rings (SSSR count). The van der Waals surface area contributed by atoms with Gasteiger partial charge in [0.1, 0.15) is 17.4 Å². The van der Waals surface area contributed by atoms with Crippen molar-refractivity contribution in [2.24, 2.45) is 7.05 Å². The molecule has 2 aromatic carbocycles. The van der Waals surface area contributed by atoms with Crippen molar-refractivity contribution in [1.82, 2.24) is 9.78 Å². The Labute approximate surface area is 173 Å². The Morgan fingerprint density at radius 2 is 2.03 bits per heavy atom. The van der Waals surface area contributed by atoms with Gasteiger partial charge < -0.3 is 9.64 Å². The summed E-state index contributed by atoms with van der Waals surface area (Å²) in [5.41, 5.74) is 3.78. The van der Waals surface area contributed by atoms with Crippen LogP contribution in [0.25, 0.3) is 0 Å². The van der Waals surface area contributed by atoms with Gasteiger partial charge in [-0.2, -0.15) is 5.10 Å². The highest BCUT2D eigenvalue weighted by Crippen LogP contribution is 2.47. The van der Waals surface area contributed by atoms with Crippen molar-refractivity contribution in [3.63, 3.8) is 0 Å². The van der Waals surface area contributed by atoms with Crippen LogP contribution in [0.5, 0.6) is 5.75 Å². The van der Waals surface area contributed by atoms with E-state index >= 15 is 0 Å². The highest BCUT2D eigenvalue weighted by Gasteiger charge is 2.26. The van der Waals surface area contributed by atoms with Gasteiger partial charge in [-0.3, -0.25) is 4.68 Å². The van der Waals surface area contributed by atoms with Gasteiger partial charge >= 0.3 is 0 Å². The molecule has 0 radical (unpaired) electrons. The Balaban J connectivity index is 1.70. The van der Waals surface area contributed by atoms with Crippen LogP contribution in [0.4, 0.5) is 14.5 Å². The fraction of sp³-hybridized carbons (Fsp3) is 0.318. The maximum absolute atomic E-state index is 14.5. The van der Waals surface area contributed by atoms with Gasteiger partial charge in [0.2, 0.25) is 0 Å². The molecular weight excluding hydrogens is 392 g/mol. The van der Waals surface area contributed by atoms with E-state index in [1.165, 1.54) is 6.07 Å². The van der Waals surface area contributed by atoms with Crippen LogP contribution in [0.3, 0.4) is 0 Å². The SMILES string of the molecule is COc1ccc2c(c1)SC(c1ccc(F)cc1F)CCN2Cc1cn(C)nc1C. The summed E-state index contributed by atoms with van der Waals surface area (Å²) in [5.74, 6) is -0.293. The van der Waals surface area contributed by atoms with E-state index in [0.29, 0.717) is 5.56 Å². The summed E-state index contributed by atoms with van der Waals surface area (Å²) in [6.07, 6.45) is 2.78. The van der Waals surface area contributed by atoms with E-state index in [1.54, 1.807) is 24.9 Å². The summed E-state index contributed by atoms with van der Waals surface area (Å²) < 4.78 is 35.1. The van der Waals surface area contributed by atoms with Crippen molar-refractivity contribution in [1.29, 1.82) is 0 Å². The molecule has 0 spiro atoms. The molecule has 0 aliphatic carbocycles. The summed E-state index contributed by atoms with van der Waals surface area (Å²) in [7, 11) is 3.55. The first-order valence-electron chi connectivity index (χ1n) is 9.48. The lowest BCUT2D eigenvalue weighted by Gasteiger charge is -2.24. The van der Waals surface area contributed by atoms with Crippen molar-refractivity contribution in [3.8, 4) is 5.75 Å². The van der Waals surface area contributed by atoms with Crippen LogP contribution in [-0.4, -0.2) is 23.4 Å². The van der Waals surface area contributed by atoms with Gasteiger partial charge in [-0.1, -0.05) is 6.07 Å². The Morgan fingerprint density at radius 1 is 1.21 bits per heavy atom. The second-order valence-corrected chi connectivity index (χ2v) is 8.47. The number of thioether (sulfide) groups is 1. The molecule has 1 aliphatic heterocycles. The topological polar surface area (TPSA) is 30.3 Å². The molecule has 0 amide bonds. The summed E-state index contributed by atoms with van der Waals surface area (Å²) in [5, 5.41) is 4.34. The second-order valence-electron chi connectivity index (χ2n) is 7.23. The number of fused-ring (bicyclic) bond motifs is 1. The van der Waals surface area contributed by atoms with Crippen LogP contribution in [-0.2, 0) is 13.6 Å². The maximum atomic E-state index is 14.5. The number of aromatic nitrogens is 2. The molecular formula is C22H23F2N3OS. The van der Waals surface area contributed by atoms with E-state index in [0.717, 1.165) is 53.2 Å². The lowest BCUT2D eigenvalue weighted by Crippen LogP contribution is -2.24. The number of aryl methyl sites for hydroxylation is 2. The van der Waals surface area contributed by atoms with Crippen LogP contribution < -0.4 is 9.64 Å². The molecule has 7 heteroatoms. The van der Waals surface area contributed by atoms with Gasteiger partial charge in [-0.05, 0) is 37.6 Å². The minimum atomic E-state index is -0.555. The van der Waals surface area contributed by atoms with Crippen LogP contribution in [0.1, 0.15) is 28.5 Å². The molecule has 0 fully saturated rings. The lowest BCUT2D eigenvalue weighted by atomic mass is 10.1.